The molecule has 0 aliphatic heterocycles. The molecule has 0 bridgehead atoms. The Hall–Kier alpha value is -1.04. The molecule has 1 N–H and O–H groups in total. The number of nitrogens with zero attached hydrogens (tertiary/aromatic N) is 1. The maximum Gasteiger partial charge on any atom is 0.302 e. The standard InChI is InChI=1S/C12H12Cl2N2O2S/c1-19(17,18)16-7-6-15-12(16)5-3-9-2-4-10(13)8-11(9)14/h2,4,6-8H,3,5H2,1H3/p+1. The number of rotatable bonds is 4. The fourth-order valence-corrected chi connectivity index (χ4v) is 3.15. The van der Waals surface area contributed by atoms with Gasteiger partial charge in [0.1, 0.15) is 12.4 Å². The Bertz CT molecular complexity index is 696. The summed E-state index contributed by atoms with van der Waals surface area (Å²) in [5.41, 5.74) is 0.931. The van der Waals surface area contributed by atoms with Gasteiger partial charge in [-0.25, -0.2) is 4.98 Å². The van der Waals surface area contributed by atoms with Crippen LogP contribution < -0.4 is 3.97 Å². The van der Waals surface area contributed by atoms with E-state index in [0.29, 0.717) is 28.7 Å². The van der Waals surface area contributed by atoms with Crippen molar-refractivity contribution < 1.29 is 12.4 Å². The minimum Gasteiger partial charge on any atom is -0.247 e. The minimum absolute atomic E-state index is 0.543. The average Bonchev–Trinajstić information content (AvgIpc) is 2.75. The van der Waals surface area contributed by atoms with Gasteiger partial charge >= 0.3 is 10.0 Å². The number of H-pyrrole nitrogens is 1. The van der Waals surface area contributed by atoms with E-state index in [9.17, 15) is 8.42 Å². The van der Waals surface area contributed by atoms with Gasteiger partial charge in [-0.05, 0) is 24.1 Å². The predicted octanol–water partition coefficient (Wildman–Crippen LogP) is 2.20. The van der Waals surface area contributed by atoms with E-state index in [1.165, 1.54) is 16.4 Å². The van der Waals surface area contributed by atoms with E-state index in [1.807, 2.05) is 6.07 Å². The summed E-state index contributed by atoms with van der Waals surface area (Å²) < 4.78 is 24.3. The SMILES string of the molecule is CS(=O)(=O)[n+]1cc[nH]c1CCc1ccc(Cl)cc1Cl. The number of halogens is 2. The Morgan fingerprint density at radius 1 is 1.26 bits per heavy atom. The molecule has 0 saturated heterocycles. The Kier molecular flexibility index (Phi) is 4.18. The number of hydrogen-bond acceptors (Lipinski definition) is 2. The zero-order valence-corrected chi connectivity index (χ0v) is 12.6. The largest absolute Gasteiger partial charge is 0.302 e. The summed E-state index contributed by atoms with van der Waals surface area (Å²) in [4.78, 5) is 2.93. The summed E-state index contributed by atoms with van der Waals surface area (Å²) in [6.45, 7) is 0. The summed E-state index contributed by atoms with van der Waals surface area (Å²) in [7, 11) is -3.28. The first kappa shape index (κ1) is 14.4. The molecule has 2 aromatic rings. The highest BCUT2D eigenvalue weighted by Crippen LogP contribution is 2.21. The molecule has 19 heavy (non-hydrogen) atoms. The van der Waals surface area contributed by atoms with Gasteiger partial charge in [0.25, 0.3) is 5.82 Å². The topological polar surface area (TPSA) is 53.8 Å². The number of hydrogen-bond donors (Lipinski definition) is 1. The highest BCUT2D eigenvalue weighted by atomic mass is 35.5. The number of imidazole rings is 1. The van der Waals surface area contributed by atoms with E-state index < -0.39 is 10.0 Å². The van der Waals surface area contributed by atoms with Crippen molar-refractivity contribution in [3.8, 4) is 0 Å². The zero-order chi connectivity index (χ0) is 14.0. The molecule has 1 aromatic heterocycles. The van der Waals surface area contributed by atoms with Crippen LogP contribution in [0.15, 0.2) is 30.6 Å². The van der Waals surface area contributed by atoms with Gasteiger partial charge in [-0.2, -0.15) is 8.42 Å². The van der Waals surface area contributed by atoms with Crippen molar-refractivity contribution in [2.75, 3.05) is 6.26 Å². The smallest absolute Gasteiger partial charge is 0.247 e. The third-order valence-corrected chi connectivity index (χ3v) is 4.37. The molecule has 102 valence electrons. The van der Waals surface area contributed by atoms with Crippen LogP contribution in [0.1, 0.15) is 11.4 Å². The molecule has 0 aliphatic carbocycles. The van der Waals surface area contributed by atoms with E-state index in [0.717, 1.165) is 5.56 Å². The van der Waals surface area contributed by atoms with Crippen LogP contribution in [0, 0.1) is 0 Å². The van der Waals surface area contributed by atoms with Crippen molar-refractivity contribution in [3.05, 3.63) is 52.0 Å². The molecule has 4 nitrogen and oxygen atoms in total. The highest BCUT2D eigenvalue weighted by molar-refractivity contribution is 7.84. The molecule has 7 heteroatoms. The summed E-state index contributed by atoms with van der Waals surface area (Å²) in [6.07, 6.45) is 5.43. The van der Waals surface area contributed by atoms with Crippen LogP contribution in [0.25, 0.3) is 0 Å². The van der Waals surface area contributed by atoms with Gasteiger partial charge in [-0.3, -0.25) is 0 Å². The van der Waals surface area contributed by atoms with Crippen LogP contribution in [0.3, 0.4) is 0 Å². The number of aromatic amines is 1. The number of nitrogens with one attached hydrogen (secondary N) is 1. The monoisotopic (exact) mass is 319 g/mol. The molecule has 0 spiro atoms. The van der Waals surface area contributed by atoms with Crippen molar-refractivity contribution in [1.82, 2.24) is 4.98 Å². The lowest BCUT2D eigenvalue weighted by molar-refractivity contribution is -0.518. The third kappa shape index (κ3) is 3.49. The Morgan fingerprint density at radius 2 is 2.00 bits per heavy atom. The third-order valence-electron chi connectivity index (χ3n) is 2.73. The second kappa shape index (κ2) is 5.53. The summed E-state index contributed by atoms with van der Waals surface area (Å²) >= 11 is 11.9. The quantitative estimate of drug-likeness (QED) is 0.878. The minimum atomic E-state index is -3.28. The molecule has 0 fully saturated rings. The molecule has 1 aromatic carbocycles. The lowest BCUT2D eigenvalue weighted by atomic mass is 10.1. The average molecular weight is 320 g/mol. The molecule has 0 unspecified atom stereocenters. The van der Waals surface area contributed by atoms with Crippen LogP contribution in [-0.2, 0) is 22.9 Å². The summed E-state index contributed by atoms with van der Waals surface area (Å²) in [6, 6.07) is 5.29. The molecule has 0 radical (unpaired) electrons. The van der Waals surface area contributed by atoms with Gasteiger partial charge in [-0.15, -0.1) is 3.97 Å². The van der Waals surface area contributed by atoms with E-state index in [2.05, 4.69) is 4.98 Å². The number of aromatic nitrogens is 2. The predicted molar refractivity (Wildman–Crippen MR) is 75.1 cm³/mol. The van der Waals surface area contributed by atoms with Crippen molar-refractivity contribution in [2.45, 2.75) is 12.8 Å². The Labute approximate surface area is 122 Å². The zero-order valence-electron chi connectivity index (χ0n) is 10.2. The number of benzene rings is 1. The van der Waals surface area contributed by atoms with Gasteiger partial charge in [-0.1, -0.05) is 29.3 Å². The van der Waals surface area contributed by atoms with Crippen molar-refractivity contribution in [3.63, 3.8) is 0 Å². The molecule has 0 saturated carbocycles. The van der Waals surface area contributed by atoms with Gasteiger partial charge in [0.05, 0.1) is 12.7 Å². The van der Waals surface area contributed by atoms with Gasteiger partial charge in [0, 0.05) is 10.0 Å². The Morgan fingerprint density at radius 3 is 2.63 bits per heavy atom. The van der Waals surface area contributed by atoms with E-state index in [1.54, 1.807) is 18.3 Å². The molecule has 0 amide bonds. The maximum atomic E-state index is 11.5. The normalized spacial score (nSPS) is 11.7. The van der Waals surface area contributed by atoms with Crippen LogP contribution >= 0.6 is 23.2 Å². The first-order valence-corrected chi connectivity index (χ1v) is 8.21. The van der Waals surface area contributed by atoms with Crippen molar-refractivity contribution in [2.24, 2.45) is 0 Å². The summed E-state index contributed by atoms with van der Waals surface area (Å²) in [5.74, 6) is 0.619. The highest BCUT2D eigenvalue weighted by Gasteiger charge is 2.19. The molecular formula is C12H13Cl2N2O2S+. The van der Waals surface area contributed by atoms with E-state index in [4.69, 9.17) is 23.2 Å². The van der Waals surface area contributed by atoms with Crippen molar-refractivity contribution in [1.29, 1.82) is 0 Å². The lowest BCUT2D eigenvalue weighted by Crippen LogP contribution is -2.43. The first-order chi connectivity index (χ1) is 8.88. The van der Waals surface area contributed by atoms with E-state index >= 15 is 0 Å². The fraction of sp³-hybridized carbons (Fsp3) is 0.250. The molecule has 0 atom stereocenters. The van der Waals surface area contributed by atoms with E-state index in [-0.39, 0.29) is 0 Å². The van der Waals surface area contributed by atoms with Gasteiger partial charge in [0.15, 0.2) is 0 Å². The number of aryl methyl sites for hydroxylation is 2. The molecular weight excluding hydrogens is 307 g/mol. The lowest BCUT2D eigenvalue weighted by Gasteiger charge is -2.03. The van der Waals surface area contributed by atoms with Crippen LogP contribution in [0.2, 0.25) is 10.0 Å². The van der Waals surface area contributed by atoms with Crippen LogP contribution in [0.5, 0.6) is 0 Å². The second-order valence-electron chi connectivity index (χ2n) is 4.20. The molecule has 0 aliphatic rings. The fourth-order valence-electron chi connectivity index (χ4n) is 1.83. The van der Waals surface area contributed by atoms with Crippen LogP contribution in [0.4, 0.5) is 0 Å². The van der Waals surface area contributed by atoms with Gasteiger partial charge < -0.3 is 0 Å². The molecule has 1 heterocycles. The van der Waals surface area contributed by atoms with Crippen molar-refractivity contribution >= 4 is 33.2 Å². The first-order valence-electron chi connectivity index (χ1n) is 5.60. The Balaban J connectivity index is 2.18. The maximum absolute atomic E-state index is 11.5. The van der Waals surface area contributed by atoms with Crippen LogP contribution in [-0.4, -0.2) is 19.7 Å². The molecule has 2 rings (SSSR count). The summed E-state index contributed by atoms with van der Waals surface area (Å²) in [5, 5.41) is 1.17. The van der Waals surface area contributed by atoms with Gasteiger partial charge in [0.2, 0.25) is 0 Å². The second-order valence-corrected chi connectivity index (χ2v) is 6.90.